The van der Waals surface area contributed by atoms with Gasteiger partial charge in [-0.25, -0.2) is 0 Å². The number of fused-ring (bicyclic) bond motifs is 1. The highest BCUT2D eigenvalue weighted by molar-refractivity contribution is 5.71. The van der Waals surface area contributed by atoms with Gasteiger partial charge in [0.25, 0.3) is 0 Å². The van der Waals surface area contributed by atoms with Crippen molar-refractivity contribution < 1.29 is 9.90 Å². The third-order valence-electron chi connectivity index (χ3n) is 3.81. The Labute approximate surface area is 108 Å². The van der Waals surface area contributed by atoms with Gasteiger partial charge in [0.2, 0.25) is 0 Å². The Morgan fingerprint density at radius 3 is 2.89 bits per heavy atom. The predicted molar refractivity (Wildman–Crippen MR) is 73.1 cm³/mol. The summed E-state index contributed by atoms with van der Waals surface area (Å²) in [6.07, 6.45) is 1.39. The van der Waals surface area contributed by atoms with Crippen LogP contribution in [-0.4, -0.2) is 24.2 Å². The zero-order valence-corrected chi connectivity index (χ0v) is 11.1. The van der Waals surface area contributed by atoms with Crippen LogP contribution in [0.25, 0.3) is 0 Å². The van der Waals surface area contributed by atoms with E-state index in [1.165, 1.54) is 11.3 Å². The number of hydrogen-bond acceptors (Lipinski definition) is 2. The van der Waals surface area contributed by atoms with Crippen molar-refractivity contribution in [3.63, 3.8) is 0 Å². The Morgan fingerprint density at radius 1 is 1.50 bits per heavy atom. The van der Waals surface area contributed by atoms with Crippen molar-refractivity contribution >= 4 is 11.7 Å². The summed E-state index contributed by atoms with van der Waals surface area (Å²) >= 11 is 0. The van der Waals surface area contributed by atoms with E-state index >= 15 is 0 Å². The fraction of sp³-hybridized carbons (Fsp3) is 0.533. The topological polar surface area (TPSA) is 40.5 Å². The van der Waals surface area contributed by atoms with E-state index in [9.17, 15) is 4.79 Å². The van der Waals surface area contributed by atoms with E-state index < -0.39 is 5.97 Å². The molecule has 1 aliphatic rings. The molecular weight excluding hydrogens is 226 g/mol. The van der Waals surface area contributed by atoms with Gasteiger partial charge in [-0.3, -0.25) is 4.79 Å². The molecule has 0 saturated heterocycles. The van der Waals surface area contributed by atoms with Crippen molar-refractivity contribution in [2.75, 3.05) is 18.0 Å². The van der Waals surface area contributed by atoms with Crippen molar-refractivity contribution in [3.8, 4) is 0 Å². The summed E-state index contributed by atoms with van der Waals surface area (Å²) in [5, 5.41) is 9.00. The largest absolute Gasteiger partial charge is 0.481 e. The maximum atomic E-state index is 10.9. The van der Waals surface area contributed by atoms with Crippen LogP contribution in [0.15, 0.2) is 24.3 Å². The summed E-state index contributed by atoms with van der Waals surface area (Å²) in [5.74, 6) is 0.0737. The highest BCUT2D eigenvalue weighted by Crippen LogP contribution is 2.38. The van der Waals surface area contributed by atoms with Crippen LogP contribution in [0.3, 0.4) is 0 Å². The molecule has 0 amide bonds. The highest BCUT2D eigenvalue weighted by atomic mass is 16.4. The number of aliphatic carboxylic acids is 1. The van der Waals surface area contributed by atoms with Gasteiger partial charge in [-0.15, -0.1) is 0 Å². The van der Waals surface area contributed by atoms with Gasteiger partial charge in [-0.05, 0) is 17.5 Å². The number of carbonyl (C=O) groups is 1. The smallest absolute Gasteiger partial charge is 0.304 e. The number of rotatable bonds is 5. The van der Waals surface area contributed by atoms with E-state index in [1.807, 2.05) is 12.1 Å². The Bertz CT molecular complexity index is 430. The van der Waals surface area contributed by atoms with E-state index in [1.54, 1.807) is 0 Å². The van der Waals surface area contributed by atoms with Crippen LogP contribution in [0.2, 0.25) is 0 Å². The monoisotopic (exact) mass is 247 g/mol. The summed E-state index contributed by atoms with van der Waals surface area (Å²) in [4.78, 5) is 13.3. The van der Waals surface area contributed by atoms with Gasteiger partial charge in [-0.1, -0.05) is 38.5 Å². The van der Waals surface area contributed by atoms with Crippen LogP contribution in [-0.2, 0) is 4.79 Å². The molecular formula is C15H21NO2. The molecule has 3 heteroatoms. The van der Waals surface area contributed by atoms with Crippen LogP contribution >= 0.6 is 0 Å². The maximum absolute atomic E-state index is 10.9. The quantitative estimate of drug-likeness (QED) is 0.869. The normalized spacial score (nSPS) is 19.7. The van der Waals surface area contributed by atoms with Crippen molar-refractivity contribution in [2.24, 2.45) is 5.92 Å². The minimum Gasteiger partial charge on any atom is -0.481 e. The van der Waals surface area contributed by atoms with Crippen molar-refractivity contribution in [1.29, 1.82) is 0 Å². The highest BCUT2D eigenvalue weighted by Gasteiger charge is 2.30. The van der Waals surface area contributed by atoms with Gasteiger partial charge in [0, 0.05) is 24.7 Å². The third kappa shape index (κ3) is 2.66. The zero-order chi connectivity index (χ0) is 13.1. The predicted octanol–water partition coefficient (Wildman–Crippen LogP) is 3.11. The lowest BCUT2D eigenvalue weighted by Crippen LogP contribution is -2.27. The Balaban J connectivity index is 2.19. The molecule has 0 saturated carbocycles. The Morgan fingerprint density at radius 2 is 2.22 bits per heavy atom. The molecule has 3 nitrogen and oxygen atoms in total. The molecule has 0 fully saturated rings. The lowest BCUT2D eigenvalue weighted by atomic mass is 9.98. The number of nitrogens with zero attached hydrogens (tertiary/aromatic N) is 1. The number of para-hydroxylation sites is 1. The first-order chi connectivity index (χ1) is 8.61. The second-order valence-electron chi connectivity index (χ2n) is 5.27. The van der Waals surface area contributed by atoms with Gasteiger partial charge >= 0.3 is 5.97 Å². The molecule has 2 unspecified atom stereocenters. The van der Waals surface area contributed by atoms with Gasteiger partial charge in [-0.2, -0.15) is 0 Å². The molecule has 18 heavy (non-hydrogen) atoms. The molecule has 0 aliphatic carbocycles. The van der Waals surface area contributed by atoms with Crippen molar-refractivity contribution in [3.05, 3.63) is 29.8 Å². The van der Waals surface area contributed by atoms with Gasteiger partial charge in [0.15, 0.2) is 0 Å². The van der Waals surface area contributed by atoms with Crippen molar-refractivity contribution in [1.82, 2.24) is 0 Å². The molecule has 1 N–H and O–H groups in total. The molecule has 0 radical (unpaired) electrons. The molecule has 1 heterocycles. The molecule has 2 atom stereocenters. The van der Waals surface area contributed by atoms with Crippen LogP contribution in [0, 0.1) is 5.92 Å². The average molecular weight is 247 g/mol. The van der Waals surface area contributed by atoms with Crippen LogP contribution in [0.4, 0.5) is 5.69 Å². The molecule has 0 aromatic heterocycles. The Hall–Kier alpha value is -1.51. The Kier molecular flexibility index (Phi) is 3.90. The summed E-state index contributed by atoms with van der Waals surface area (Å²) in [6, 6.07) is 8.21. The second kappa shape index (κ2) is 5.42. The number of carboxylic acid groups (broad SMARTS) is 1. The SMILES string of the molecule is CCC(C)CN1CC(CC(=O)O)c2ccccc21. The molecule has 2 rings (SSSR count). The number of benzene rings is 1. The first kappa shape index (κ1) is 12.9. The lowest BCUT2D eigenvalue weighted by Gasteiger charge is -2.23. The van der Waals surface area contributed by atoms with Gasteiger partial charge in [0.1, 0.15) is 0 Å². The van der Waals surface area contributed by atoms with E-state index in [0.29, 0.717) is 5.92 Å². The maximum Gasteiger partial charge on any atom is 0.304 e. The molecule has 1 aromatic carbocycles. The van der Waals surface area contributed by atoms with E-state index in [4.69, 9.17) is 5.11 Å². The second-order valence-corrected chi connectivity index (χ2v) is 5.27. The number of hydrogen-bond donors (Lipinski definition) is 1. The van der Waals surface area contributed by atoms with Gasteiger partial charge in [0.05, 0.1) is 6.42 Å². The molecule has 0 spiro atoms. The fourth-order valence-electron chi connectivity index (χ4n) is 2.65. The first-order valence-corrected chi connectivity index (χ1v) is 6.67. The van der Waals surface area contributed by atoms with Crippen LogP contribution in [0.1, 0.15) is 38.2 Å². The van der Waals surface area contributed by atoms with Gasteiger partial charge < -0.3 is 10.0 Å². The fourth-order valence-corrected chi connectivity index (χ4v) is 2.65. The van der Waals surface area contributed by atoms with Crippen LogP contribution in [0.5, 0.6) is 0 Å². The van der Waals surface area contributed by atoms with E-state index in [0.717, 1.165) is 19.5 Å². The molecule has 0 bridgehead atoms. The lowest BCUT2D eigenvalue weighted by molar-refractivity contribution is -0.137. The van der Waals surface area contributed by atoms with Crippen LogP contribution < -0.4 is 4.90 Å². The third-order valence-corrected chi connectivity index (χ3v) is 3.81. The molecule has 1 aromatic rings. The molecule has 1 aliphatic heterocycles. The number of carboxylic acids is 1. The van der Waals surface area contributed by atoms with E-state index in [-0.39, 0.29) is 12.3 Å². The number of anilines is 1. The zero-order valence-electron chi connectivity index (χ0n) is 11.1. The summed E-state index contributed by atoms with van der Waals surface area (Å²) in [6.45, 7) is 6.30. The minimum absolute atomic E-state index is 0.141. The summed E-state index contributed by atoms with van der Waals surface area (Å²) < 4.78 is 0. The summed E-state index contributed by atoms with van der Waals surface area (Å²) in [7, 11) is 0. The standard InChI is InChI=1S/C15H21NO2/c1-3-11(2)9-16-10-12(8-15(17)18)13-6-4-5-7-14(13)16/h4-7,11-12H,3,8-10H2,1-2H3,(H,17,18). The first-order valence-electron chi connectivity index (χ1n) is 6.67. The molecule has 98 valence electrons. The minimum atomic E-state index is -0.708. The van der Waals surface area contributed by atoms with E-state index in [2.05, 4.69) is 30.9 Å². The average Bonchev–Trinajstić information content (AvgIpc) is 2.67. The summed E-state index contributed by atoms with van der Waals surface area (Å²) in [5.41, 5.74) is 2.42. The van der Waals surface area contributed by atoms with Crippen molar-refractivity contribution in [2.45, 2.75) is 32.6 Å².